The van der Waals surface area contributed by atoms with E-state index in [2.05, 4.69) is 0 Å². The van der Waals surface area contributed by atoms with Crippen LogP contribution in [-0.4, -0.2) is 12.2 Å². The molecule has 0 aliphatic rings. The Morgan fingerprint density at radius 3 is 2.56 bits per heavy atom. The summed E-state index contributed by atoms with van der Waals surface area (Å²) in [5.41, 5.74) is 0.708. The summed E-state index contributed by atoms with van der Waals surface area (Å²) >= 11 is 0. The molecule has 0 saturated carbocycles. The van der Waals surface area contributed by atoms with Crippen molar-refractivity contribution in [1.29, 1.82) is 0 Å². The molecule has 0 amide bonds. The third kappa shape index (κ3) is 1.95. The van der Waals surface area contributed by atoms with Gasteiger partial charge in [0.05, 0.1) is 7.11 Å². The molecule has 2 rings (SSSR count). The Bertz CT molecular complexity index is 474. The second-order valence-electron chi connectivity index (χ2n) is 3.59. The maximum Gasteiger partial charge on any atom is 0.140 e. The number of rotatable bonds is 3. The SMILES string of the molecule is COc1ccccc1C(O)c1ccc(C)o1. The summed E-state index contributed by atoms with van der Waals surface area (Å²) in [5.74, 6) is 1.97. The maximum atomic E-state index is 10.1. The highest BCUT2D eigenvalue weighted by Gasteiger charge is 2.17. The monoisotopic (exact) mass is 218 g/mol. The summed E-state index contributed by atoms with van der Waals surface area (Å²) in [6.45, 7) is 1.85. The van der Waals surface area contributed by atoms with E-state index in [1.54, 1.807) is 13.2 Å². The zero-order valence-corrected chi connectivity index (χ0v) is 9.31. The van der Waals surface area contributed by atoms with E-state index in [-0.39, 0.29) is 0 Å². The van der Waals surface area contributed by atoms with Crippen LogP contribution in [0.4, 0.5) is 0 Å². The number of methoxy groups -OCH3 is 1. The molecule has 0 saturated heterocycles. The van der Waals surface area contributed by atoms with Crippen LogP contribution < -0.4 is 4.74 Å². The Hall–Kier alpha value is -1.74. The molecule has 0 aliphatic heterocycles. The van der Waals surface area contributed by atoms with E-state index in [1.165, 1.54) is 0 Å². The Morgan fingerprint density at radius 2 is 1.94 bits per heavy atom. The molecule has 84 valence electrons. The van der Waals surface area contributed by atoms with Gasteiger partial charge >= 0.3 is 0 Å². The molecule has 1 heterocycles. The highest BCUT2D eigenvalue weighted by Crippen LogP contribution is 2.30. The Balaban J connectivity index is 2.36. The van der Waals surface area contributed by atoms with Gasteiger partial charge in [-0.2, -0.15) is 0 Å². The van der Waals surface area contributed by atoms with Crippen molar-refractivity contribution in [3.05, 3.63) is 53.5 Å². The number of benzene rings is 1. The van der Waals surface area contributed by atoms with Crippen molar-refractivity contribution < 1.29 is 14.3 Å². The number of aliphatic hydroxyl groups excluding tert-OH is 1. The quantitative estimate of drug-likeness (QED) is 0.861. The molecular weight excluding hydrogens is 204 g/mol. The van der Waals surface area contributed by atoms with Gasteiger partial charge in [0.1, 0.15) is 23.4 Å². The number of aryl methyl sites for hydroxylation is 1. The number of furan rings is 1. The van der Waals surface area contributed by atoms with Gasteiger partial charge in [0.15, 0.2) is 0 Å². The van der Waals surface area contributed by atoms with Crippen LogP contribution in [0.5, 0.6) is 5.75 Å². The first-order valence-electron chi connectivity index (χ1n) is 5.09. The van der Waals surface area contributed by atoms with E-state index in [9.17, 15) is 5.11 Å². The fraction of sp³-hybridized carbons (Fsp3) is 0.231. The summed E-state index contributed by atoms with van der Waals surface area (Å²) < 4.78 is 10.6. The van der Waals surface area contributed by atoms with Gasteiger partial charge in [-0.1, -0.05) is 18.2 Å². The average Bonchev–Trinajstić information content (AvgIpc) is 2.75. The molecule has 3 nitrogen and oxygen atoms in total. The smallest absolute Gasteiger partial charge is 0.140 e. The zero-order chi connectivity index (χ0) is 11.5. The van der Waals surface area contributed by atoms with Gasteiger partial charge in [0.2, 0.25) is 0 Å². The van der Waals surface area contributed by atoms with Gasteiger partial charge < -0.3 is 14.3 Å². The highest BCUT2D eigenvalue weighted by atomic mass is 16.5. The van der Waals surface area contributed by atoms with Crippen LogP contribution in [-0.2, 0) is 0 Å². The van der Waals surface area contributed by atoms with E-state index < -0.39 is 6.10 Å². The van der Waals surface area contributed by atoms with Gasteiger partial charge in [-0.3, -0.25) is 0 Å². The van der Waals surface area contributed by atoms with Crippen molar-refractivity contribution in [3.8, 4) is 5.75 Å². The molecule has 3 heteroatoms. The molecule has 0 fully saturated rings. The number of aliphatic hydroxyl groups is 1. The number of ether oxygens (including phenoxy) is 1. The lowest BCUT2D eigenvalue weighted by Gasteiger charge is -2.12. The van der Waals surface area contributed by atoms with Crippen LogP contribution in [0.2, 0.25) is 0 Å². The zero-order valence-electron chi connectivity index (χ0n) is 9.31. The minimum atomic E-state index is -0.787. The van der Waals surface area contributed by atoms with Gasteiger partial charge in [-0.15, -0.1) is 0 Å². The minimum Gasteiger partial charge on any atom is -0.496 e. The number of hydrogen-bond donors (Lipinski definition) is 1. The van der Waals surface area contributed by atoms with Crippen LogP contribution in [0.15, 0.2) is 40.8 Å². The van der Waals surface area contributed by atoms with Crippen molar-refractivity contribution in [3.63, 3.8) is 0 Å². The maximum absolute atomic E-state index is 10.1. The summed E-state index contributed by atoms with van der Waals surface area (Å²) in [6, 6.07) is 11.0. The Kier molecular flexibility index (Phi) is 2.97. The minimum absolute atomic E-state index is 0.530. The lowest BCUT2D eigenvalue weighted by molar-refractivity contribution is 0.183. The van der Waals surface area contributed by atoms with Crippen molar-refractivity contribution >= 4 is 0 Å². The lowest BCUT2D eigenvalue weighted by atomic mass is 10.1. The van der Waals surface area contributed by atoms with E-state index >= 15 is 0 Å². The Labute approximate surface area is 94.3 Å². The second-order valence-corrected chi connectivity index (χ2v) is 3.59. The number of hydrogen-bond acceptors (Lipinski definition) is 3. The van der Waals surface area contributed by atoms with E-state index in [0.717, 1.165) is 5.76 Å². The van der Waals surface area contributed by atoms with Gasteiger partial charge in [-0.25, -0.2) is 0 Å². The number of para-hydroxylation sites is 1. The molecule has 2 aromatic rings. The second kappa shape index (κ2) is 4.41. The summed E-state index contributed by atoms with van der Waals surface area (Å²) in [5, 5.41) is 10.1. The fourth-order valence-corrected chi connectivity index (χ4v) is 1.65. The summed E-state index contributed by atoms with van der Waals surface area (Å²) in [6.07, 6.45) is -0.787. The molecule has 1 aromatic carbocycles. The molecule has 1 N–H and O–H groups in total. The van der Waals surface area contributed by atoms with Crippen LogP contribution in [0.3, 0.4) is 0 Å². The summed E-state index contributed by atoms with van der Waals surface area (Å²) in [7, 11) is 1.58. The molecule has 0 bridgehead atoms. The first kappa shape index (κ1) is 10.8. The van der Waals surface area contributed by atoms with E-state index in [1.807, 2.05) is 37.3 Å². The molecule has 0 aliphatic carbocycles. The normalized spacial score (nSPS) is 12.4. The molecule has 16 heavy (non-hydrogen) atoms. The van der Waals surface area contributed by atoms with Crippen molar-refractivity contribution in [1.82, 2.24) is 0 Å². The molecular formula is C13H14O3. The standard InChI is InChI=1S/C13H14O3/c1-9-7-8-12(16-9)13(14)10-5-3-4-6-11(10)15-2/h3-8,13-14H,1-2H3. The summed E-state index contributed by atoms with van der Waals surface area (Å²) in [4.78, 5) is 0. The van der Waals surface area contributed by atoms with Crippen LogP contribution in [0.25, 0.3) is 0 Å². The topological polar surface area (TPSA) is 42.6 Å². The van der Waals surface area contributed by atoms with Crippen LogP contribution >= 0.6 is 0 Å². The molecule has 0 radical (unpaired) electrons. The third-order valence-electron chi connectivity index (χ3n) is 2.46. The van der Waals surface area contributed by atoms with Crippen LogP contribution in [0, 0.1) is 6.92 Å². The van der Waals surface area contributed by atoms with Gasteiger partial charge in [-0.05, 0) is 25.1 Å². The Morgan fingerprint density at radius 1 is 1.19 bits per heavy atom. The predicted molar refractivity (Wildman–Crippen MR) is 60.5 cm³/mol. The predicted octanol–water partition coefficient (Wildman–Crippen LogP) is 2.68. The first-order valence-corrected chi connectivity index (χ1v) is 5.09. The van der Waals surface area contributed by atoms with Crippen molar-refractivity contribution in [2.45, 2.75) is 13.0 Å². The molecule has 0 spiro atoms. The molecule has 1 unspecified atom stereocenters. The van der Waals surface area contributed by atoms with Gasteiger partial charge in [0, 0.05) is 5.56 Å². The van der Waals surface area contributed by atoms with E-state index in [4.69, 9.17) is 9.15 Å². The lowest BCUT2D eigenvalue weighted by Crippen LogP contribution is -2.00. The van der Waals surface area contributed by atoms with Crippen LogP contribution in [0.1, 0.15) is 23.2 Å². The first-order chi connectivity index (χ1) is 7.72. The third-order valence-corrected chi connectivity index (χ3v) is 2.46. The van der Waals surface area contributed by atoms with Crippen molar-refractivity contribution in [2.24, 2.45) is 0 Å². The van der Waals surface area contributed by atoms with E-state index in [0.29, 0.717) is 17.1 Å². The highest BCUT2D eigenvalue weighted by molar-refractivity contribution is 5.38. The molecule has 1 atom stereocenters. The molecule has 1 aromatic heterocycles. The average molecular weight is 218 g/mol. The van der Waals surface area contributed by atoms with Crippen molar-refractivity contribution in [2.75, 3.05) is 7.11 Å². The largest absolute Gasteiger partial charge is 0.496 e. The van der Waals surface area contributed by atoms with Gasteiger partial charge in [0.25, 0.3) is 0 Å². The fourth-order valence-electron chi connectivity index (χ4n) is 1.65.